The fraction of sp³-hybridized carbons (Fsp3) is 0.968. The molecule has 3 saturated heterocycles. The Morgan fingerprint density at radius 1 is 0.878 bits per heavy atom. The van der Waals surface area contributed by atoms with Gasteiger partial charge in [-0.3, -0.25) is 9.69 Å². The Labute approximate surface area is 241 Å². The maximum atomic E-state index is 12.9. The smallest absolute Gasteiger partial charge is 0.309 e. The molecule has 10 heteroatoms. The molecule has 5 saturated carbocycles. The van der Waals surface area contributed by atoms with Crippen molar-refractivity contribution in [3.8, 4) is 0 Å². The molecule has 0 aromatic heterocycles. The Morgan fingerprint density at radius 2 is 1.59 bits per heavy atom. The van der Waals surface area contributed by atoms with Crippen molar-refractivity contribution in [2.45, 2.75) is 137 Å². The molecule has 3 heterocycles. The molecule has 8 aliphatic rings. The van der Waals surface area contributed by atoms with E-state index >= 15 is 0 Å². The van der Waals surface area contributed by atoms with Gasteiger partial charge >= 0.3 is 5.97 Å². The van der Waals surface area contributed by atoms with Gasteiger partial charge in [-0.25, -0.2) is 0 Å². The van der Waals surface area contributed by atoms with E-state index in [9.17, 15) is 35.4 Å². The number of rotatable bonds is 2. The van der Waals surface area contributed by atoms with Gasteiger partial charge in [0.1, 0.15) is 22.4 Å². The van der Waals surface area contributed by atoms with Gasteiger partial charge in [0.15, 0.2) is 6.10 Å². The predicted molar refractivity (Wildman–Crippen MR) is 143 cm³/mol. The summed E-state index contributed by atoms with van der Waals surface area (Å²) in [7, 11) is 0. The fourth-order valence-corrected chi connectivity index (χ4v) is 12.0. The normalized spacial score (nSPS) is 62.8. The molecule has 230 valence electrons. The first-order valence-corrected chi connectivity index (χ1v) is 16.0. The quantitative estimate of drug-likeness (QED) is 0.254. The van der Waals surface area contributed by atoms with Crippen molar-refractivity contribution in [2.24, 2.45) is 35.0 Å². The van der Waals surface area contributed by atoms with Gasteiger partial charge in [-0.2, -0.15) is 0 Å². The van der Waals surface area contributed by atoms with Gasteiger partial charge < -0.3 is 40.1 Å². The van der Waals surface area contributed by atoms with Crippen molar-refractivity contribution in [3.63, 3.8) is 0 Å². The lowest BCUT2D eigenvalue weighted by Crippen LogP contribution is -2.85. The minimum Gasteiger partial charge on any atom is -0.456 e. The molecule has 0 aromatic carbocycles. The van der Waals surface area contributed by atoms with Gasteiger partial charge in [0.2, 0.25) is 5.79 Å². The zero-order valence-corrected chi connectivity index (χ0v) is 24.5. The highest BCUT2D eigenvalue weighted by Gasteiger charge is 2.88. The number of ether oxygens (including phenoxy) is 2. The molecule has 0 aromatic rings. The van der Waals surface area contributed by atoms with Crippen LogP contribution in [0.15, 0.2) is 0 Å². The minimum absolute atomic E-state index is 0.0381. The van der Waals surface area contributed by atoms with Crippen molar-refractivity contribution in [2.75, 3.05) is 13.1 Å². The fourth-order valence-electron chi connectivity index (χ4n) is 12.0. The number of carbonyl (C=O) groups is 1. The molecule has 10 nitrogen and oxygen atoms in total. The van der Waals surface area contributed by atoms with E-state index in [0.29, 0.717) is 44.6 Å². The predicted octanol–water partition coefficient (Wildman–Crippen LogP) is 0.435. The lowest BCUT2D eigenvalue weighted by Gasteiger charge is -2.68. The SMILES string of the molecule is C[C@H]1CC[C@@H]2N(C1)C[C@@H]1[C@](O)([C@@H](O)C[C@@]3(O)[C@@H]4CC[C@@H]5[C@]6(O)O[C@@]4(C[C@@]13O)[C@@]5(C)CC[C@@H]6OC(=O)C1CC1)[C@]2(C)O. The number of fused-ring (bicyclic) bond motifs is 5. The number of esters is 1. The summed E-state index contributed by atoms with van der Waals surface area (Å²) < 4.78 is 12.7. The first kappa shape index (κ1) is 27.7. The van der Waals surface area contributed by atoms with Crippen LogP contribution in [0.4, 0.5) is 0 Å². The zero-order chi connectivity index (χ0) is 29.2. The molecule has 8 fully saturated rings. The van der Waals surface area contributed by atoms with Gasteiger partial charge in [0.25, 0.3) is 0 Å². The topological polar surface area (TPSA) is 160 Å². The third-order valence-electron chi connectivity index (χ3n) is 14.2. The standard InChI is InChI=1S/C31H47NO9/c1-16-4-9-21-26(3,35)30(38)20(14-32(21)13-16)28(37)15-29-19(27(28,36)12-22(30)33)8-7-18-25(29,2)11-10-23(31(18,39)41-29)40-24(34)17-5-6-17/h16-23,33,35-39H,4-15H2,1-3H3/t16-,18-,19-,20-,21-,22-,23-,25-,26+,27+,28+,29+,30-,31-/m0/s1. The maximum Gasteiger partial charge on any atom is 0.309 e. The molecule has 1 spiro atoms. The van der Waals surface area contributed by atoms with Crippen LogP contribution < -0.4 is 0 Å². The summed E-state index contributed by atoms with van der Waals surface area (Å²) in [6, 6.07) is -0.377. The Bertz CT molecular complexity index is 1180. The second kappa shape index (κ2) is 7.86. The zero-order valence-electron chi connectivity index (χ0n) is 24.5. The summed E-state index contributed by atoms with van der Waals surface area (Å²) >= 11 is 0. The second-order valence-corrected chi connectivity index (χ2v) is 16.0. The molecule has 6 N–H and O–H groups in total. The maximum absolute atomic E-state index is 12.9. The molecule has 3 aliphatic heterocycles. The highest BCUT2D eigenvalue weighted by Crippen LogP contribution is 2.78. The van der Waals surface area contributed by atoms with E-state index in [2.05, 4.69) is 18.7 Å². The van der Waals surface area contributed by atoms with Crippen LogP contribution in [0.1, 0.15) is 85.0 Å². The van der Waals surface area contributed by atoms with E-state index in [1.807, 2.05) is 0 Å². The molecule has 0 amide bonds. The number of hydrogen-bond donors (Lipinski definition) is 6. The Balaban J connectivity index is 1.22. The van der Waals surface area contributed by atoms with E-state index < -0.39 is 63.3 Å². The van der Waals surface area contributed by atoms with Crippen LogP contribution in [-0.2, 0) is 14.3 Å². The van der Waals surface area contributed by atoms with E-state index in [1.165, 1.54) is 0 Å². The lowest BCUT2D eigenvalue weighted by molar-refractivity contribution is -0.354. The number of nitrogens with zero attached hydrogens (tertiary/aromatic N) is 1. The number of aliphatic hydroxyl groups is 6. The lowest BCUT2D eigenvalue weighted by atomic mass is 9.49. The molecular weight excluding hydrogens is 530 g/mol. The van der Waals surface area contributed by atoms with Crippen molar-refractivity contribution in [3.05, 3.63) is 0 Å². The van der Waals surface area contributed by atoms with E-state index in [1.54, 1.807) is 6.92 Å². The van der Waals surface area contributed by atoms with Crippen LogP contribution in [0.3, 0.4) is 0 Å². The minimum atomic E-state index is -2.05. The number of carbonyl (C=O) groups excluding carboxylic acids is 1. The summed E-state index contributed by atoms with van der Waals surface area (Å²) in [6.45, 7) is 6.70. The van der Waals surface area contributed by atoms with Gasteiger partial charge in [-0.15, -0.1) is 0 Å². The van der Waals surface area contributed by atoms with Gasteiger partial charge in [0.05, 0.1) is 17.6 Å². The highest BCUT2D eigenvalue weighted by molar-refractivity contribution is 5.75. The van der Waals surface area contributed by atoms with E-state index in [-0.39, 0.29) is 43.2 Å². The third kappa shape index (κ3) is 2.91. The van der Waals surface area contributed by atoms with Crippen molar-refractivity contribution in [1.82, 2.24) is 4.90 Å². The first-order valence-electron chi connectivity index (χ1n) is 16.0. The van der Waals surface area contributed by atoms with Crippen LogP contribution in [0, 0.1) is 35.0 Å². The van der Waals surface area contributed by atoms with Gasteiger partial charge in [-0.05, 0) is 64.2 Å². The Hall–Kier alpha value is -0.850. The average Bonchev–Trinajstić information content (AvgIpc) is 3.70. The Kier molecular flexibility index (Phi) is 5.31. The number of piperidine rings is 2. The summed E-state index contributed by atoms with van der Waals surface area (Å²) in [5.41, 5.74) is -9.26. The van der Waals surface area contributed by atoms with Crippen LogP contribution in [0.5, 0.6) is 0 Å². The van der Waals surface area contributed by atoms with E-state index in [4.69, 9.17) is 9.47 Å². The van der Waals surface area contributed by atoms with Crippen LogP contribution >= 0.6 is 0 Å². The molecule has 8 rings (SSSR count). The number of hydrogen-bond acceptors (Lipinski definition) is 10. The summed E-state index contributed by atoms with van der Waals surface area (Å²) in [4.78, 5) is 14.8. The molecule has 14 atom stereocenters. The van der Waals surface area contributed by atoms with Crippen LogP contribution in [0.2, 0.25) is 0 Å². The second-order valence-electron chi connectivity index (χ2n) is 16.0. The summed E-state index contributed by atoms with van der Waals surface area (Å²) in [5.74, 6) is -3.80. The van der Waals surface area contributed by atoms with Crippen LogP contribution in [-0.4, -0.2) is 107 Å². The monoisotopic (exact) mass is 577 g/mol. The van der Waals surface area contributed by atoms with Crippen molar-refractivity contribution in [1.29, 1.82) is 0 Å². The van der Waals surface area contributed by atoms with E-state index in [0.717, 1.165) is 19.3 Å². The molecule has 0 radical (unpaired) electrons. The molecular formula is C31H47NO9. The third-order valence-corrected chi connectivity index (χ3v) is 14.2. The van der Waals surface area contributed by atoms with Crippen molar-refractivity contribution < 1.29 is 44.9 Å². The Morgan fingerprint density at radius 3 is 2.29 bits per heavy atom. The van der Waals surface area contributed by atoms with Crippen LogP contribution in [0.25, 0.3) is 0 Å². The molecule has 0 unspecified atom stereocenters. The largest absolute Gasteiger partial charge is 0.456 e. The number of aliphatic hydroxyl groups excluding tert-OH is 1. The molecule has 5 aliphatic carbocycles. The van der Waals surface area contributed by atoms with Crippen molar-refractivity contribution >= 4 is 5.97 Å². The van der Waals surface area contributed by atoms with Gasteiger partial charge in [-0.1, -0.05) is 13.8 Å². The van der Waals surface area contributed by atoms with Gasteiger partial charge in [0, 0.05) is 55.1 Å². The molecule has 41 heavy (non-hydrogen) atoms. The summed E-state index contributed by atoms with van der Waals surface area (Å²) in [5, 5.41) is 73.8. The molecule has 4 bridgehead atoms. The average molecular weight is 578 g/mol. The summed E-state index contributed by atoms with van der Waals surface area (Å²) in [6.07, 6.45) is 2.51. The highest BCUT2D eigenvalue weighted by atomic mass is 16.7. The first-order chi connectivity index (χ1) is 19.1.